The molecule has 0 bridgehead atoms. The molecule has 1 heterocycles. The van der Waals surface area contributed by atoms with Crippen LogP contribution in [0.15, 0.2) is 10.5 Å². The third-order valence-corrected chi connectivity index (χ3v) is 14.6. The van der Waals surface area contributed by atoms with E-state index in [4.69, 9.17) is 47.4 Å². The minimum absolute atomic E-state index is 0.00800. The van der Waals surface area contributed by atoms with Gasteiger partial charge in [-0.2, -0.15) is 0 Å². The van der Waals surface area contributed by atoms with Crippen molar-refractivity contribution in [3.63, 3.8) is 0 Å². The SMILES string of the molecule is Cc1cc(C)c(NC(=O)CC[C@H](NC(=O)OC(C)(C)C)C(=O)NCCOCCOCCOCCOCCOCCNC(=O)CCC(C(=O)OC(C)(C)C)N2CCN(CC(=O)OC(C)(C)C)CCN(CC(=O)OC(C)(C)C)CCN(CC(=O)OC(C)(C)C)CC2)c(C)c1Br. The normalized spacial score (nSPS) is 15.4. The second kappa shape index (κ2) is 41.8. The molecule has 1 aromatic rings. The molecule has 1 unspecified atom stereocenters. The number of rotatable bonds is 35. The maximum absolute atomic E-state index is 14.2. The number of benzene rings is 1. The van der Waals surface area contributed by atoms with Crippen LogP contribution in [0.25, 0.3) is 0 Å². The Kier molecular flexibility index (Phi) is 37.7. The Morgan fingerprint density at radius 1 is 0.462 bits per heavy atom. The Morgan fingerprint density at radius 3 is 1.23 bits per heavy atom. The van der Waals surface area contributed by atoms with Crippen molar-refractivity contribution in [1.29, 1.82) is 0 Å². The van der Waals surface area contributed by atoms with Gasteiger partial charge in [0.05, 0.1) is 85.7 Å². The summed E-state index contributed by atoms with van der Waals surface area (Å²) in [6.45, 7) is 38.3. The van der Waals surface area contributed by atoms with E-state index in [0.717, 1.165) is 21.2 Å². The Hall–Kier alpha value is -5.10. The van der Waals surface area contributed by atoms with Crippen molar-refractivity contribution < 1.29 is 85.7 Å². The molecule has 0 saturated carbocycles. The van der Waals surface area contributed by atoms with Crippen LogP contribution in [0.5, 0.6) is 0 Å². The number of halogens is 1. The fourth-order valence-electron chi connectivity index (χ4n) is 9.35. The van der Waals surface area contributed by atoms with Crippen molar-refractivity contribution in [2.45, 2.75) is 190 Å². The van der Waals surface area contributed by atoms with Crippen molar-refractivity contribution in [1.82, 2.24) is 35.6 Å². The first-order valence-electron chi connectivity index (χ1n) is 32.5. The molecule has 93 heavy (non-hydrogen) atoms. The zero-order valence-electron chi connectivity index (χ0n) is 59.3. The van der Waals surface area contributed by atoms with E-state index in [1.807, 2.05) is 46.4 Å². The van der Waals surface area contributed by atoms with Gasteiger partial charge in [0.15, 0.2) is 0 Å². The van der Waals surface area contributed by atoms with E-state index in [1.165, 1.54) is 0 Å². The van der Waals surface area contributed by atoms with Crippen LogP contribution >= 0.6 is 15.9 Å². The number of nitrogens with one attached hydrogen (secondary N) is 4. The molecule has 1 fully saturated rings. The van der Waals surface area contributed by atoms with Crippen LogP contribution in [-0.2, 0) is 80.9 Å². The van der Waals surface area contributed by atoms with Gasteiger partial charge >= 0.3 is 30.0 Å². The molecular formula is C66H115BrN8O18. The molecule has 2 atom stereocenters. The Labute approximate surface area is 562 Å². The third-order valence-electron chi connectivity index (χ3n) is 13.4. The molecule has 0 aliphatic carbocycles. The van der Waals surface area contributed by atoms with Crippen LogP contribution < -0.4 is 21.3 Å². The second-order valence-electron chi connectivity index (χ2n) is 28.0. The topological polar surface area (TPSA) is 290 Å². The summed E-state index contributed by atoms with van der Waals surface area (Å²) in [5.41, 5.74) is -0.231. The molecule has 4 N–H and O–H groups in total. The maximum atomic E-state index is 14.2. The highest BCUT2D eigenvalue weighted by Gasteiger charge is 2.34. The Bertz CT molecular complexity index is 2440. The first-order valence-corrected chi connectivity index (χ1v) is 33.3. The van der Waals surface area contributed by atoms with Gasteiger partial charge < -0.3 is 68.6 Å². The van der Waals surface area contributed by atoms with Crippen LogP contribution in [0.2, 0.25) is 0 Å². The lowest BCUT2D eigenvalue weighted by atomic mass is 10.0. The minimum Gasteiger partial charge on any atom is -0.459 e. The zero-order chi connectivity index (χ0) is 70.2. The number of carbonyl (C=O) groups excluding carboxylic acids is 8. The van der Waals surface area contributed by atoms with Gasteiger partial charge in [-0.15, -0.1) is 0 Å². The average Bonchev–Trinajstić information content (AvgIpc) is 0.904. The lowest BCUT2D eigenvalue weighted by Crippen LogP contribution is -2.53. The molecule has 0 radical (unpaired) electrons. The monoisotopic (exact) mass is 1390 g/mol. The highest BCUT2D eigenvalue weighted by atomic mass is 79.9. The van der Waals surface area contributed by atoms with Crippen molar-refractivity contribution in [2.75, 3.05) is 156 Å². The highest BCUT2D eigenvalue weighted by Crippen LogP contribution is 2.31. The summed E-state index contributed by atoms with van der Waals surface area (Å²) < 4.78 is 57.5. The lowest BCUT2D eigenvalue weighted by molar-refractivity contribution is -0.163. The molecule has 26 nitrogen and oxygen atoms in total. The quantitative estimate of drug-likeness (QED) is 0.0342. The van der Waals surface area contributed by atoms with Gasteiger partial charge in [-0.3, -0.25) is 53.2 Å². The van der Waals surface area contributed by atoms with Crippen LogP contribution in [0.1, 0.15) is 146 Å². The number of hydrogen-bond donors (Lipinski definition) is 4. The fraction of sp³-hybridized carbons (Fsp3) is 0.788. The van der Waals surface area contributed by atoms with E-state index < -0.39 is 76.0 Å². The van der Waals surface area contributed by atoms with E-state index in [9.17, 15) is 38.4 Å². The van der Waals surface area contributed by atoms with Crippen LogP contribution in [0.3, 0.4) is 0 Å². The van der Waals surface area contributed by atoms with E-state index in [1.54, 1.807) is 104 Å². The summed E-state index contributed by atoms with van der Waals surface area (Å²) in [6.07, 6.45) is -0.665. The fourth-order valence-corrected chi connectivity index (χ4v) is 9.66. The number of esters is 4. The largest absolute Gasteiger partial charge is 0.459 e. The number of anilines is 1. The summed E-state index contributed by atoms with van der Waals surface area (Å²) in [4.78, 5) is 114. The number of aryl methyl sites for hydroxylation is 2. The summed E-state index contributed by atoms with van der Waals surface area (Å²) >= 11 is 3.57. The van der Waals surface area contributed by atoms with Crippen LogP contribution in [0, 0.1) is 20.8 Å². The van der Waals surface area contributed by atoms with Gasteiger partial charge in [0, 0.05) is 88.4 Å². The summed E-state index contributed by atoms with van der Waals surface area (Å²) in [7, 11) is 0. The van der Waals surface area contributed by atoms with Gasteiger partial charge in [0.1, 0.15) is 40.1 Å². The molecular weight excluding hydrogens is 1270 g/mol. The predicted octanol–water partition coefficient (Wildman–Crippen LogP) is 6.04. The maximum Gasteiger partial charge on any atom is 0.408 e. The molecule has 27 heteroatoms. The van der Waals surface area contributed by atoms with Gasteiger partial charge in [-0.1, -0.05) is 22.0 Å². The second-order valence-corrected chi connectivity index (χ2v) is 28.8. The van der Waals surface area contributed by atoms with Crippen LogP contribution in [-0.4, -0.2) is 259 Å². The molecule has 1 saturated heterocycles. The van der Waals surface area contributed by atoms with Crippen molar-refractivity contribution in [2.24, 2.45) is 0 Å². The minimum atomic E-state index is -1.03. The number of hydrogen-bond acceptors (Lipinski definition) is 22. The predicted molar refractivity (Wildman–Crippen MR) is 357 cm³/mol. The molecule has 534 valence electrons. The number of carbonyl (C=O) groups is 8. The average molecular weight is 1390 g/mol. The van der Waals surface area contributed by atoms with Crippen molar-refractivity contribution in [3.8, 4) is 0 Å². The number of alkyl carbamates (subject to hydrolysis) is 1. The van der Waals surface area contributed by atoms with Gasteiger partial charge in [-0.05, 0) is 154 Å². The molecule has 1 aromatic carbocycles. The summed E-state index contributed by atoms with van der Waals surface area (Å²) in [6, 6.07) is 0.0670. The van der Waals surface area contributed by atoms with Gasteiger partial charge in [0.25, 0.3) is 0 Å². The van der Waals surface area contributed by atoms with E-state index in [2.05, 4.69) is 37.2 Å². The highest BCUT2D eigenvalue weighted by molar-refractivity contribution is 9.10. The summed E-state index contributed by atoms with van der Waals surface area (Å²) in [5.74, 6) is -2.83. The zero-order valence-corrected chi connectivity index (χ0v) is 60.9. The van der Waals surface area contributed by atoms with Crippen molar-refractivity contribution >= 4 is 69.3 Å². The standard InChI is InChI=1S/C66H115BrN8O18/c1-47-43-48(2)58(49(3)57(47)67)71-53(77)21-19-50(70-61(83)93-66(16,17)18)59(81)69-24-34-85-36-38-87-40-42-88-41-39-86-37-35-84-33-23-68-52(76)22-20-51(60(82)92-65(13,14)15)75-31-29-73(45-55(79)90-63(7,8)9)27-25-72(44-54(78)89-62(4,5)6)26-28-74(30-32-75)46-56(80)91-64(10,11)12/h43,50-51H,19-42,44-46H2,1-18H3,(H,68,76)(H,69,81)(H,70,83)(H,71,77)/t50-,51?/m0/s1. The van der Waals surface area contributed by atoms with Crippen molar-refractivity contribution in [3.05, 3.63) is 27.2 Å². The number of nitrogens with zero attached hydrogens (tertiary/aromatic N) is 4. The Morgan fingerprint density at radius 2 is 0.828 bits per heavy atom. The van der Waals surface area contributed by atoms with Gasteiger partial charge in [0.2, 0.25) is 17.7 Å². The van der Waals surface area contributed by atoms with E-state index >= 15 is 0 Å². The lowest BCUT2D eigenvalue weighted by Gasteiger charge is -2.37. The van der Waals surface area contributed by atoms with Crippen LogP contribution in [0.4, 0.5) is 10.5 Å². The van der Waals surface area contributed by atoms with E-state index in [0.29, 0.717) is 84.6 Å². The molecule has 0 aromatic heterocycles. The first-order chi connectivity index (χ1) is 43.2. The molecule has 1 aliphatic heterocycles. The molecule has 4 amide bonds. The molecule has 2 rings (SSSR count). The Balaban J connectivity index is 1.84. The summed E-state index contributed by atoms with van der Waals surface area (Å²) in [5, 5.41) is 11.2. The first kappa shape index (κ1) is 84.0. The van der Waals surface area contributed by atoms with Gasteiger partial charge in [-0.25, -0.2) is 4.79 Å². The smallest absolute Gasteiger partial charge is 0.408 e. The molecule has 0 spiro atoms. The molecule has 1 aliphatic rings. The number of amides is 4. The number of ether oxygens (including phenoxy) is 10. The van der Waals surface area contributed by atoms with E-state index in [-0.39, 0.29) is 110 Å². The third kappa shape index (κ3) is 40.8.